The fourth-order valence-corrected chi connectivity index (χ4v) is 2.18. The van der Waals surface area contributed by atoms with Crippen LogP contribution in [0, 0.1) is 13.8 Å². The van der Waals surface area contributed by atoms with Crippen LogP contribution in [0.4, 0.5) is 4.79 Å². The predicted octanol–water partition coefficient (Wildman–Crippen LogP) is 2.45. The van der Waals surface area contributed by atoms with E-state index in [0.717, 1.165) is 11.1 Å². The van der Waals surface area contributed by atoms with Crippen LogP contribution in [0.1, 0.15) is 55.1 Å². The number of alkyl carbamates (subject to hydrolysis) is 1. The Kier molecular flexibility index (Phi) is 8.78. The Bertz CT molecular complexity index is 666. The number of amides is 3. The molecule has 3 N–H and O–H groups in total. The van der Waals surface area contributed by atoms with Crippen LogP contribution < -0.4 is 16.0 Å². The molecule has 1 aromatic carbocycles. The second-order valence-electron chi connectivity index (χ2n) is 7.44. The Hall–Kier alpha value is -2.57. The highest BCUT2D eigenvalue weighted by atomic mass is 16.6. The third kappa shape index (κ3) is 9.63. The summed E-state index contributed by atoms with van der Waals surface area (Å²) < 4.78 is 5.08. The van der Waals surface area contributed by atoms with E-state index < -0.39 is 11.7 Å². The summed E-state index contributed by atoms with van der Waals surface area (Å²) in [5.41, 5.74) is 2.30. The molecule has 0 radical (unpaired) electrons. The van der Waals surface area contributed by atoms with Crippen LogP contribution in [0.5, 0.6) is 0 Å². The van der Waals surface area contributed by atoms with E-state index in [9.17, 15) is 14.4 Å². The third-order valence-corrected chi connectivity index (χ3v) is 3.75. The molecule has 0 saturated carbocycles. The first kappa shape index (κ1) is 22.5. The summed E-state index contributed by atoms with van der Waals surface area (Å²) >= 11 is 0. The van der Waals surface area contributed by atoms with Crippen molar-refractivity contribution in [2.75, 3.05) is 19.6 Å². The first-order valence-corrected chi connectivity index (χ1v) is 9.17. The van der Waals surface area contributed by atoms with Gasteiger partial charge in [0.25, 0.3) is 5.91 Å². The van der Waals surface area contributed by atoms with Crippen molar-refractivity contribution in [2.45, 2.75) is 53.1 Å². The first-order chi connectivity index (χ1) is 12.6. The molecule has 7 heteroatoms. The minimum Gasteiger partial charge on any atom is -0.444 e. The van der Waals surface area contributed by atoms with Gasteiger partial charge in [0, 0.05) is 31.6 Å². The van der Waals surface area contributed by atoms with Crippen molar-refractivity contribution in [3.63, 3.8) is 0 Å². The molecule has 0 aromatic heterocycles. The number of aryl methyl sites for hydroxylation is 2. The number of rotatable bonds is 8. The van der Waals surface area contributed by atoms with E-state index in [2.05, 4.69) is 16.0 Å². The van der Waals surface area contributed by atoms with Gasteiger partial charge >= 0.3 is 6.09 Å². The topological polar surface area (TPSA) is 96.5 Å². The highest BCUT2D eigenvalue weighted by Gasteiger charge is 2.15. The van der Waals surface area contributed by atoms with Crippen molar-refractivity contribution in [1.29, 1.82) is 0 Å². The maximum Gasteiger partial charge on any atom is 0.407 e. The van der Waals surface area contributed by atoms with Crippen molar-refractivity contribution in [2.24, 2.45) is 0 Å². The quantitative estimate of drug-likeness (QED) is 0.606. The summed E-state index contributed by atoms with van der Waals surface area (Å²) in [7, 11) is 0. The zero-order valence-corrected chi connectivity index (χ0v) is 16.9. The van der Waals surface area contributed by atoms with Crippen LogP contribution in [0.3, 0.4) is 0 Å². The summed E-state index contributed by atoms with van der Waals surface area (Å²) in [6.45, 7) is 10.4. The van der Waals surface area contributed by atoms with E-state index in [-0.39, 0.29) is 24.8 Å². The van der Waals surface area contributed by atoms with Gasteiger partial charge in [-0.2, -0.15) is 0 Å². The highest BCUT2D eigenvalue weighted by Crippen LogP contribution is 2.09. The van der Waals surface area contributed by atoms with E-state index in [1.807, 2.05) is 26.0 Å². The number of carbonyl (C=O) groups excluding carboxylic acids is 3. The maximum absolute atomic E-state index is 12.1. The summed E-state index contributed by atoms with van der Waals surface area (Å²) in [5, 5.41) is 8.12. The Morgan fingerprint density at radius 2 is 1.59 bits per heavy atom. The molecule has 1 aromatic rings. The molecule has 0 spiro atoms. The summed E-state index contributed by atoms with van der Waals surface area (Å²) in [4.78, 5) is 35.2. The van der Waals surface area contributed by atoms with Gasteiger partial charge < -0.3 is 20.7 Å². The smallest absolute Gasteiger partial charge is 0.407 e. The molecule has 0 unspecified atom stereocenters. The molecule has 0 aliphatic rings. The van der Waals surface area contributed by atoms with Gasteiger partial charge in [-0.15, -0.1) is 0 Å². The van der Waals surface area contributed by atoms with Crippen LogP contribution in [0.15, 0.2) is 18.2 Å². The fraction of sp³-hybridized carbons (Fsp3) is 0.550. The third-order valence-electron chi connectivity index (χ3n) is 3.75. The van der Waals surface area contributed by atoms with Crippen molar-refractivity contribution < 1.29 is 19.1 Å². The lowest BCUT2D eigenvalue weighted by atomic mass is 10.1. The van der Waals surface area contributed by atoms with E-state index in [1.54, 1.807) is 26.8 Å². The SMILES string of the molecule is Cc1ccc(C(=O)NCCCNC(=O)CCNC(=O)OC(C)(C)C)cc1C. The van der Waals surface area contributed by atoms with Crippen LogP contribution >= 0.6 is 0 Å². The molecule has 0 saturated heterocycles. The zero-order chi connectivity index (χ0) is 20.4. The molecule has 27 heavy (non-hydrogen) atoms. The number of benzene rings is 1. The molecule has 7 nitrogen and oxygen atoms in total. The second kappa shape index (κ2) is 10.5. The molecule has 0 atom stereocenters. The molecule has 150 valence electrons. The molecule has 0 bridgehead atoms. The Balaban J connectivity index is 2.13. The van der Waals surface area contributed by atoms with Crippen LogP contribution in [-0.2, 0) is 9.53 Å². The van der Waals surface area contributed by atoms with Crippen LogP contribution in [0.25, 0.3) is 0 Å². The minimum absolute atomic E-state index is 0.119. The van der Waals surface area contributed by atoms with Crippen molar-refractivity contribution in [3.05, 3.63) is 34.9 Å². The first-order valence-electron chi connectivity index (χ1n) is 9.17. The van der Waals surface area contributed by atoms with Gasteiger partial charge in [0.2, 0.25) is 5.91 Å². The lowest BCUT2D eigenvalue weighted by Gasteiger charge is -2.19. The largest absolute Gasteiger partial charge is 0.444 e. The Labute approximate surface area is 161 Å². The number of nitrogens with one attached hydrogen (secondary N) is 3. The van der Waals surface area contributed by atoms with Gasteiger partial charge in [-0.05, 0) is 64.3 Å². The molecule has 0 heterocycles. The number of hydrogen-bond acceptors (Lipinski definition) is 4. The van der Waals surface area contributed by atoms with Crippen molar-refractivity contribution in [1.82, 2.24) is 16.0 Å². The normalized spacial score (nSPS) is 10.9. The Morgan fingerprint density at radius 3 is 2.22 bits per heavy atom. The van der Waals surface area contributed by atoms with Crippen molar-refractivity contribution in [3.8, 4) is 0 Å². The van der Waals surface area contributed by atoms with Gasteiger partial charge in [0.1, 0.15) is 5.60 Å². The van der Waals surface area contributed by atoms with E-state index in [4.69, 9.17) is 4.74 Å². The average molecular weight is 377 g/mol. The Morgan fingerprint density at radius 1 is 0.926 bits per heavy atom. The standard InChI is InChI=1S/C20H31N3O4/c1-14-7-8-16(13-15(14)2)18(25)22-11-6-10-21-17(24)9-12-23-19(26)27-20(3,4)5/h7-8,13H,6,9-12H2,1-5H3,(H,21,24)(H,22,25)(H,23,26). The van der Waals surface area contributed by atoms with Gasteiger partial charge in [-0.25, -0.2) is 4.79 Å². The minimum atomic E-state index is -0.561. The number of hydrogen-bond donors (Lipinski definition) is 3. The highest BCUT2D eigenvalue weighted by molar-refractivity contribution is 5.94. The number of ether oxygens (including phenoxy) is 1. The van der Waals surface area contributed by atoms with Crippen molar-refractivity contribution >= 4 is 17.9 Å². The summed E-state index contributed by atoms with van der Waals surface area (Å²) in [5.74, 6) is -0.280. The molecular formula is C20H31N3O4. The molecule has 0 aliphatic heterocycles. The van der Waals surface area contributed by atoms with Gasteiger partial charge in [-0.3, -0.25) is 9.59 Å². The maximum atomic E-state index is 12.1. The second-order valence-corrected chi connectivity index (χ2v) is 7.44. The predicted molar refractivity (Wildman–Crippen MR) is 105 cm³/mol. The van der Waals surface area contributed by atoms with Crippen LogP contribution in [-0.4, -0.2) is 43.1 Å². The average Bonchev–Trinajstić information content (AvgIpc) is 2.55. The molecule has 3 amide bonds. The zero-order valence-electron chi connectivity index (χ0n) is 16.9. The van der Waals surface area contributed by atoms with Gasteiger partial charge in [0.15, 0.2) is 0 Å². The number of carbonyl (C=O) groups is 3. The van der Waals surface area contributed by atoms with E-state index in [1.165, 1.54) is 0 Å². The molecular weight excluding hydrogens is 346 g/mol. The lowest BCUT2D eigenvalue weighted by molar-refractivity contribution is -0.120. The van der Waals surface area contributed by atoms with E-state index >= 15 is 0 Å². The van der Waals surface area contributed by atoms with Crippen LogP contribution in [0.2, 0.25) is 0 Å². The molecule has 1 rings (SSSR count). The summed E-state index contributed by atoms with van der Waals surface area (Å²) in [6.07, 6.45) is 0.264. The monoisotopic (exact) mass is 377 g/mol. The van der Waals surface area contributed by atoms with E-state index in [0.29, 0.717) is 25.1 Å². The molecule has 0 aliphatic carbocycles. The van der Waals surface area contributed by atoms with Gasteiger partial charge in [0.05, 0.1) is 0 Å². The molecule has 0 fully saturated rings. The lowest BCUT2D eigenvalue weighted by Crippen LogP contribution is -2.35. The van der Waals surface area contributed by atoms with Gasteiger partial charge in [-0.1, -0.05) is 6.07 Å². The fourth-order valence-electron chi connectivity index (χ4n) is 2.18. The summed E-state index contributed by atoms with van der Waals surface area (Å²) in [6, 6.07) is 5.59.